The molecule has 2 nitrogen and oxygen atoms in total. The van der Waals surface area contributed by atoms with E-state index in [9.17, 15) is 4.39 Å². The maximum atomic E-state index is 11.6. The van der Waals surface area contributed by atoms with Crippen LogP contribution in [0.25, 0.3) is 0 Å². The van der Waals surface area contributed by atoms with Crippen molar-refractivity contribution in [3.05, 3.63) is 0 Å². The van der Waals surface area contributed by atoms with Gasteiger partial charge in [-0.25, -0.2) is 4.39 Å². The standard InChI is InChI=1S/C11H23FO2/c1-2-3-4-5-6-8-13-10-11-14-9-7-12/h2-11H2,1H3. The van der Waals surface area contributed by atoms with Crippen molar-refractivity contribution in [1.82, 2.24) is 0 Å². The van der Waals surface area contributed by atoms with Crippen molar-refractivity contribution < 1.29 is 13.9 Å². The molecule has 0 aromatic heterocycles. The van der Waals surface area contributed by atoms with Gasteiger partial charge in [-0.2, -0.15) is 0 Å². The van der Waals surface area contributed by atoms with E-state index < -0.39 is 6.67 Å². The lowest BCUT2D eigenvalue weighted by Crippen LogP contribution is -2.06. The predicted molar refractivity (Wildman–Crippen MR) is 56.4 cm³/mol. The van der Waals surface area contributed by atoms with Crippen molar-refractivity contribution in [2.45, 2.75) is 39.0 Å². The maximum absolute atomic E-state index is 11.6. The third-order valence-electron chi connectivity index (χ3n) is 1.99. The topological polar surface area (TPSA) is 18.5 Å². The van der Waals surface area contributed by atoms with Crippen LogP contribution in [0.15, 0.2) is 0 Å². The zero-order chi connectivity index (χ0) is 10.5. The molecule has 0 aliphatic carbocycles. The SMILES string of the molecule is CCCCCCCOCCOCCF. The Bertz CT molecular complexity index is 87.3. The number of hydrogen-bond acceptors (Lipinski definition) is 2. The highest BCUT2D eigenvalue weighted by atomic mass is 19.1. The molecule has 0 radical (unpaired) electrons. The Morgan fingerprint density at radius 1 is 0.786 bits per heavy atom. The third-order valence-corrected chi connectivity index (χ3v) is 1.99. The molecule has 0 unspecified atom stereocenters. The Hall–Kier alpha value is -0.150. The summed E-state index contributed by atoms with van der Waals surface area (Å²) in [7, 11) is 0. The molecule has 0 fully saturated rings. The van der Waals surface area contributed by atoms with Gasteiger partial charge in [0.15, 0.2) is 0 Å². The summed E-state index contributed by atoms with van der Waals surface area (Å²) >= 11 is 0. The van der Waals surface area contributed by atoms with E-state index in [2.05, 4.69) is 6.92 Å². The summed E-state index contributed by atoms with van der Waals surface area (Å²) < 4.78 is 21.8. The van der Waals surface area contributed by atoms with Crippen LogP contribution < -0.4 is 0 Å². The maximum Gasteiger partial charge on any atom is 0.113 e. The first-order valence-corrected chi connectivity index (χ1v) is 5.63. The molecule has 0 bridgehead atoms. The Labute approximate surface area is 86.8 Å². The molecule has 14 heavy (non-hydrogen) atoms. The first-order valence-electron chi connectivity index (χ1n) is 5.63. The van der Waals surface area contributed by atoms with Crippen LogP contribution in [0.3, 0.4) is 0 Å². The average molecular weight is 206 g/mol. The van der Waals surface area contributed by atoms with E-state index in [4.69, 9.17) is 9.47 Å². The summed E-state index contributed by atoms with van der Waals surface area (Å²) in [6, 6.07) is 0. The molecule has 0 aromatic carbocycles. The highest BCUT2D eigenvalue weighted by Gasteiger charge is 1.91. The minimum atomic E-state index is -0.406. The van der Waals surface area contributed by atoms with Gasteiger partial charge in [0, 0.05) is 6.61 Å². The van der Waals surface area contributed by atoms with E-state index in [1.54, 1.807) is 0 Å². The molecule has 0 aromatic rings. The van der Waals surface area contributed by atoms with Gasteiger partial charge in [0.25, 0.3) is 0 Å². The van der Waals surface area contributed by atoms with Crippen LogP contribution in [0.5, 0.6) is 0 Å². The number of rotatable bonds is 11. The van der Waals surface area contributed by atoms with Gasteiger partial charge in [-0.15, -0.1) is 0 Å². The smallest absolute Gasteiger partial charge is 0.113 e. The molecule has 0 N–H and O–H groups in total. The molecular formula is C11H23FO2. The molecule has 0 aliphatic heterocycles. The normalized spacial score (nSPS) is 10.7. The Balaban J connectivity index is 2.78. The average Bonchev–Trinajstić information content (AvgIpc) is 2.21. The number of alkyl halides is 1. The van der Waals surface area contributed by atoms with Crippen LogP contribution in [0.1, 0.15) is 39.0 Å². The molecule has 0 atom stereocenters. The second-order valence-electron chi connectivity index (χ2n) is 3.33. The van der Waals surface area contributed by atoms with Gasteiger partial charge in [-0.05, 0) is 6.42 Å². The van der Waals surface area contributed by atoms with Gasteiger partial charge in [0.1, 0.15) is 6.67 Å². The lowest BCUT2D eigenvalue weighted by Gasteiger charge is -2.04. The van der Waals surface area contributed by atoms with E-state index in [1.807, 2.05) is 0 Å². The zero-order valence-electron chi connectivity index (χ0n) is 9.27. The monoisotopic (exact) mass is 206 g/mol. The number of halogens is 1. The minimum absolute atomic E-state index is 0.194. The van der Waals surface area contributed by atoms with Crippen molar-refractivity contribution in [1.29, 1.82) is 0 Å². The molecule has 86 valence electrons. The largest absolute Gasteiger partial charge is 0.379 e. The molecular weight excluding hydrogens is 183 g/mol. The molecule has 0 saturated carbocycles. The highest BCUT2D eigenvalue weighted by Crippen LogP contribution is 2.02. The third kappa shape index (κ3) is 11.8. The molecule has 0 heterocycles. The van der Waals surface area contributed by atoms with E-state index in [1.165, 1.54) is 25.7 Å². The van der Waals surface area contributed by atoms with Gasteiger partial charge in [-0.1, -0.05) is 32.6 Å². The van der Waals surface area contributed by atoms with Crippen molar-refractivity contribution in [2.24, 2.45) is 0 Å². The van der Waals surface area contributed by atoms with E-state index >= 15 is 0 Å². The summed E-state index contributed by atoms with van der Waals surface area (Å²) in [4.78, 5) is 0. The first-order chi connectivity index (χ1) is 6.91. The molecule has 0 saturated heterocycles. The predicted octanol–water partition coefficient (Wildman–Crippen LogP) is 2.96. The van der Waals surface area contributed by atoms with Crippen LogP contribution in [0, 0.1) is 0 Å². The summed E-state index contributed by atoms with van der Waals surface area (Å²) in [5.41, 5.74) is 0. The Kier molecular flexibility index (Phi) is 12.7. The van der Waals surface area contributed by atoms with Gasteiger partial charge in [0.2, 0.25) is 0 Å². The fraction of sp³-hybridized carbons (Fsp3) is 1.00. The fourth-order valence-electron chi connectivity index (χ4n) is 1.18. The van der Waals surface area contributed by atoms with Crippen LogP contribution >= 0.6 is 0 Å². The summed E-state index contributed by atoms with van der Waals surface area (Å²) in [5, 5.41) is 0. The van der Waals surface area contributed by atoms with Gasteiger partial charge >= 0.3 is 0 Å². The van der Waals surface area contributed by atoms with Gasteiger partial charge in [0.05, 0.1) is 19.8 Å². The Morgan fingerprint density at radius 3 is 2.07 bits per heavy atom. The quantitative estimate of drug-likeness (QED) is 0.484. The van der Waals surface area contributed by atoms with Gasteiger partial charge in [-0.3, -0.25) is 0 Å². The van der Waals surface area contributed by atoms with Gasteiger partial charge < -0.3 is 9.47 Å². The summed E-state index contributed by atoms with van der Waals surface area (Å²) in [5.74, 6) is 0. The minimum Gasteiger partial charge on any atom is -0.379 e. The molecule has 0 rings (SSSR count). The van der Waals surface area contributed by atoms with Crippen LogP contribution in [0.2, 0.25) is 0 Å². The van der Waals surface area contributed by atoms with Crippen LogP contribution in [-0.4, -0.2) is 33.1 Å². The lowest BCUT2D eigenvalue weighted by atomic mass is 10.2. The van der Waals surface area contributed by atoms with Crippen molar-refractivity contribution in [2.75, 3.05) is 33.1 Å². The molecule has 0 spiro atoms. The van der Waals surface area contributed by atoms with E-state index in [0.29, 0.717) is 13.2 Å². The van der Waals surface area contributed by atoms with Crippen LogP contribution in [0.4, 0.5) is 4.39 Å². The van der Waals surface area contributed by atoms with Crippen molar-refractivity contribution in [3.8, 4) is 0 Å². The molecule has 0 aliphatic rings. The second kappa shape index (κ2) is 12.8. The second-order valence-corrected chi connectivity index (χ2v) is 3.33. The highest BCUT2D eigenvalue weighted by molar-refractivity contribution is 4.41. The number of unbranched alkanes of at least 4 members (excludes halogenated alkanes) is 4. The Morgan fingerprint density at radius 2 is 1.43 bits per heavy atom. The zero-order valence-corrected chi connectivity index (χ0v) is 9.27. The van der Waals surface area contributed by atoms with E-state index in [0.717, 1.165) is 13.0 Å². The van der Waals surface area contributed by atoms with Crippen LogP contribution in [-0.2, 0) is 9.47 Å². The lowest BCUT2D eigenvalue weighted by molar-refractivity contribution is 0.0415. The summed E-state index contributed by atoms with van der Waals surface area (Å²) in [6.45, 7) is 3.91. The molecule has 3 heteroatoms. The van der Waals surface area contributed by atoms with Crippen molar-refractivity contribution >= 4 is 0 Å². The number of hydrogen-bond donors (Lipinski definition) is 0. The molecule has 0 amide bonds. The first kappa shape index (κ1) is 13.8. The van der Waals surface area contributed by atoms with E-state index in [-0.39, 0.29) is 6.61 Å². The number of ether oxygens (including phenoxy) is 2. The summed E-state index contributed by atoms with van der Waals surface area (Å²) in [6.07, 6.45) is 6.28. The van der Waals surface area contributed by atoms with Crippen molar-refractivity contribution in [3.63, 3.8) is 0 Å². The fourth-order valence-corrected chi connectivity index (χ4v) is 1.18.